The lowest BCUT2D eigenvalue weighted by atomic mass is 9.98. The number of aromatic nitrogens is 4. The molecule has 0 unspecified atom stereocenters. The number of hydrogen-bond acceptors (Lipinski definition) is 2. The molecule has 0 fully saturated rings. The molecule has 4 heterocycles. The lowest BCUT2D eigenvalue weighted by Gasteiger charge is -2.13. The third-order valence-corrected chi connectivity index (χ3v) is 9.76. The molecule has 4 nitrogen and oxygen atoms in total. The highest BCUT2D eigenvalue weighted by Gasteiger charge is 2.19. The standard InChI is InChI=1S/C46H30N4/c1-4-14-31(15-5-1)40-29-35(30-41(48-40)32-16-6-2-7-17-32)50-43-26-25-33(28-39(43)37-22-13-27-47-46(37)50)36-21-12-24-44-45(36)38-20-10-11-23-42(38)49(44)34-18-8-3-9-19-34/h1-30H. The third kappa shape index (κ3) is 4.46. The van der Waals surface area contributed by atoms with Crippen LogP contribution in [0, 0.1) is 0 Å². The Labute approximate surface area is 289 Å². The highest BCUT2D eigenvalue weighted by atomic mass is 15.0. The van der Waals surface area contributed by atoms with E-state index in [1.165, 1.54) is 32.9 Å². The fourth-order valence-corrected chi connectivity index (χ4v) is 7.55. The predicted octanol–water partition coefficient (Wildman–Crippen LogP) is 11.7. The smallest absolute Gasteiger partial charge is 0.145 e. The molecule has 0 saturated carbocycles. The van der Waals surface area contributed by atoms with Crippen LogP contribution in [0.15, 0.2) is 182 Å². The van der Waals surface area contributed by atoms with E-state index in [9.17, 15) is 0 Å². The summed E-state index contributed by atoms with van der Waals surface area (Å²) in [6, 6.07) is 62.3. The average molecular weight is 639 g/mol. The molecule has 4 aromatic heterocycles. The van der Waals surface area contributed by atoms with Gasteiger partial charge in [0.1, 0.15) is 5.65 Å². The van der Waals surface area contributed by atoms with Crippen LogP contribution in [0.25, 0.3) is 88.8 Å². The summed E-state index contributed by atoms with van der Waals surface area (Å²) < 4.78 is 4.66. The van der Waals surface area contributed by atoms with Gasteiger partial charge in [0.25, 0.3) is 0 Å². The Morgan fingerprint density at radius 3 is 1.74 bits per heavy atom. The van der Waals surface area contributed by atoms with E-state index >= 15 is 0 Å². The lowest BCUT2D eigenvalue weighted by molar-refractivity contribution is 1.12. The monoisotopic (exact) mass is 638 g/mol. The number of fused-ring (bicyclic) bond motifs is 6. The van der Waals surface area contributed by atoms with Crippen molar-refractivity contribution in [1.82, 2.24) is 19.1 Å². The minimum atomic E-state index is 0.919. The minimum absolute atomic E-state index is 0.919. The van der Waals surface area contributed by atoms with Gasteiger partial charge in [0.15, 0.2) is 0 Å². The van der Waals surface area contributed by atoms with Gasteiger partial charge in [-0.05, 0) is 71.8 Å². The van der Waals surface area contributed by atoms with E-state index in [0.717, 1.165) is 55.8 Å². The Bertz CT molecular complexity index is 2790. The maximum Gasteiger partial charge on any atom is 0.145 e. The molecule has 0 amide bonds. The van der Waals surface area contributed by atoms with Crippen LogP contribution in [-0.2, 0) is 0 Å². The van der Waals surface area contributed by atoms with Gasteiger partial charge in [0.2, 0.25) is 0 Å². The molecule has 0 radical (unpaired) electrons. The van der Waals surface area contributed by atoms with Gasteiger partial charge in [-0.2, -0.15) is 0 Å². The topological polar surface area (TPSA) is 35.6 Å². The minimum Gasteiger partial charge on any atom is -0.309 e. The fourth-order valence-electron chi connectivity index (χ4n) is 7.55. The molecule has 0 atom stereocenters. The van der Waals surface area contributed by atoms with Crippen molar-refractivity contribution >= 4 is 43.7 Å². The highest BCUT2D eigenvalue weighted by Crippen LogP contribution is 2.41. The molecular formula is C46H30N4. The first-order chi connectivity index (χ1) is 24.8. The van der Waals surface area contributed by atoms with Crippen LogP contribution in [0.4, 0.5) is 0 Å². The molecule has 0 spiro atoms. The van der Waals surface area contributed by atoms with E-state index in [1.54, 1.807) is 0 Å². The molecule has 0 bridgehead atoms. The molecule has 50 heavy (non-hydrogen) atoms. The Balaban J connectivity index is 1.22. The Morgan fingerprint density at radius 1 is 0.380 bits per heavy atom. The molecule has 0 aliphatic heterocycles. The molecule has 0 aliphatic rings. The zero-order valence-electron chi connectivity index (χ0n) is 27.1. The summed E-state index contributed by atoms with van der Waals surface area (Å²) in [4.78, 5) is 10.1. The van der Waals surface area contributed by atoms with E-state index in [2.05, 4.69) is 167 Å². The zero-order chi connectivity index (χ0) is 33.0. The van der Waals surface area contributed by atoms with Crippen LogP contribution >= 0.6 is 0 Å². The van der Waals surface area contributed by atoms with Gasteiger partial charge in [0.05, 0.1) is 33.6 Å². The van der Waals surface area contributed by atoms with Gasteiger partial charge >= 0.3 is 0 Å². The van der Waals surface area contributed by atoms with Crippen molar-refractivity contribution in [3.63, 3.8) is 0 Å². The lowest BCUT2D eigenvalue weighted by Crippen LogP contribution is -1.99. The van der Waals surface area contributed by atoms with Crippen molar-refractivity contribution in [1.29, 1.82) is 0 Å². The molecular weight excluding hydrogens is 609 g/mol. The van der Waals surface area contributed by atoms with E-state index < -0.39 is 0 Å². The van der Waals surface area contributed by atoms with Crippen LogP contribution in [0.3, 0.4) is 0 Å². The summed E-state index contributed by atoms with van der Waals surface area (Å²) >= 11 is 0. The zero-order valence-corrected chi connectivity index (χ0v) is 27.1. The number of hydrogen-bond donors (Lipinski definition) is 0. The van der Waals surface area contributed by atoms with Crippen molar-refractivity contribution < 1.29 is 0 Å². The molecule has 234 valence electrons. The highest BCUT2D eigenvalue weighted by molar-refractivity contribution is 6.17. The number of para-hydroxylation sites is 2. The summed E-state index contributed by atoms with van der Waals surface area (Å²) in [5, 5.41) is 4.77. The van der Waals surface area contributed by atoms with E-state index in [4.69, 9.17) is 9.97 Å². The van der Waals surface area contributed by atoms with Gasteiger partial charge in [-0.15, -0.1) is 0 Å². The predicted molar refractivity (Wildman–Crippen MR) is 207 cm³/mol. The van der Waals surface area contributed by atoms with E-state index in [1.807, 2.05) is 24.4 Å². The van der Waals surface area contributed by atoms with Gasteiger partial charge in [-0.1, -0.05) is 115 Å². The summed E-state index contributed by atoms with van der Waals surface area (Å²) in [6.07, 6.45) is 1.88. The van der Waals surface area contributed by atoms with Crippen LogP contribution in [0.2, 0.25) is 0 Å². The largest absolute Gasteiger partial charge is 0.309 e. The van der Waals surface area contributed by atoms with Gasteiger partial charge in [0, 0.05) is 44.6 Å². The number of benzene rings is 6. The van der Waals surface area contributed by atoms with Crippen LogP contribution in [0.1, 0.15) is 0 Å². The van der Waals surface area contributed by atoms with Gasteiger partial charge in [-0.3, -0.25) is 4.57 Å². The fraction of sp³-hybridized carbons (Fsp3) is 0. The Morgan fingerprint density at radius 2 is 1.00 bits per heavy atom. The van der Waals surface area contributed by atoms with Crippen molar-refractivity contribution in [3.8, 4) is 45.0 Å². The van der Waals surface area contributed by atoms with E-state index in [-0.39, 0.29) is 0 Å². The summed E-state index contributed by atoms with van der Waals surface area (Å²) in [7, 11) is 0. The van der Waals surface area contributed by atoms with E-state index in [0.29, 0.717) is 0 Å². The SMILES string of the molecule is c1ccc(-c2cc(-n3c4ccc(-c5cccc6c5c5ccccc5n6-c5ccccc5)cc4c4cccnc43)cc(-c3ccccc3)n2)cc1. The molecule has 6 aromatic carbocycles. The van der Waals surface area contributed by atoms with Crippen molar-refractivity contribution in [2.45, 2.75) is 0 Å². The quantitative estimate of drug-likeness (QED) is 0.188. The second-order valence-corrected chi connectivity index (χ2v) is 12.7. The first-order valence-corrected chi connectivity index (χ1v) is 16.9. The molecule has 10 aromatic rings. The molecule has 0 N–H and O–H groups in total. The van der Waals surface area contributed by atoms with Crippen LogP contribution in [0.5, 0.6) is 0 Å². The van der Waals surface area contributed by atoms with Crippen molar-refractivity contribution in [2.75, 3.05) is 0 Å². The molecule has 0 saturated heterocycles. The normalized spacial score (nSPS) is 11.6. The van der Waals surface area contributed by atoms with Crippen LogP contribution < -0.4 is 0 Å². The van der Waals surface area contributed by atoms with Crippen molar-refractivity contribution in [2.24, 2.45) is 0 Å². The summed E-state index contributed by atoms with van der Waals surface area (Å²) in [5.74, 6) is 0. The Hall–Kier alpha value is -6.78. The molecule has 10 rings (SSSR count). The van der Waals surface area contributed by atoms with Crippen LogP contribution in [-0.4, -0.2) is 19.1 Å². The first kappa shape index (κ1) is 28.3. The van der Waals surface area contributed by atoms with Crippen molar-refractivity contribution in [3.05, 3.63) is 182 Å². The maximum atomic E-state index is 5.14. The van der Waals surface area contributed by atoms with Gasteiger partial charge in [-0.25, -0.2) is 9.97 Å². The van der Waals surface area contributed by atoms with Gasteiger partial charge < -0.3 is 4.57 Å². The maximum absolute atomic E-state index is 5.14. The first-order valence-electron chi connectivity index (χ1n) is 16.9. The summed E-state index contributed by atoms with van der Waals surface area (Å²) in [6.45, 7) is 0. The average Bonchev–Trinajstić information content (AvgIpc) is 3.71. The number of nitrogens with zero attached hydrogens (tertiary/aromatic N) is 4. The molecule has 4 heteroatoms. The second-order valence-electron chi connectivity index (χ2n) is 12.7. The number of rotatable bonds is 5. The second kappa shape index (κ2) is 11.4. The Kier molecular flexibility index (Phi) is 6.46. The summed E-state index contributed by atoms with van der Waals surface area (Å²) in [5.41, 5.74) is 13.0. The number of pyridine rings is 2. The molecule has 0 aliphatic carbocycles. The third-order valence-electron chi connectivity index (χ3n) is 9.76.